The van der Waals surface area contributed by atoms with Gasteiger partial charge in [0.2, 0.25) is 0 Å². The molecule has 1 aromatic carbocycles. The van der Waals surface area contributed by atoms with Crippen molar-refractivity contribution in [2.75, 3.05) is 13.1 Å². The fourth-order valence-corrected chi connectivity index (χ4v) is 3.63. The van der Waals surface area contributed by atoms with Crippen LogP contribution in [-0.4, -0.2) is 63.5 Å². The van der Waals surface area contributed by atoms with Crippen molar-refractivity contribution in [2.45, 2.75) is 58.6 Å². The minimum atomic E-state index is -0.981. The Morgan fingerprint density at radius 1 is 1.00 bits per heavy atom. The molecule has 0 saturated carbocycles. The zero-order valence-electron chi connectivity index (χ0n) is 17.3. The second-order valence-corrected chi connectivity index (χ2v) is 8.22. The molecule has 1 atom stereocenters. The molecule has 0 N–H and O–H groups in total. The zero-order valence-corrected chi connectivity index (χ0v) is 17.3. The average molecular weight is 401 g/mol. The number of amides is 4. The lowest BCUT2D eigenvalue weighted by Gasteiger charge is -2.41. The summed E-state index contributed by atoms with van der Waals surface area (Å²) in [5, 5.41) is 2.62. The molecule has 0 aliphatic carbocycles. The van der Waals surface area contributed by atoms with E-state index >= 15 is 0 Å². The Bertz CT molecular complexity index is 810. The number of hydrazine groups is 1. The van der Waals surface area contributed by atoms with Crippen molar-refractivity contribution in [1.29, 1.82) is 0 Å². The van der Waals surface area contributed by atoms with Crippen molar-refractivity contribution in [1.82, 2.24) is 14.9 Å². The zero-order chi connectivity index (χ0) is 21.3. The van der Waals surface area contributed by atoms with Crippen molar-refractivity contribution in [3.63, 3.8) is 0 Å². The molecule has 2 heterocycles. The van der Waals surface area contributed by atoms with Gasteiger partial charge in [0.1, 0.15) is 11.6 Å². The van der Waals surface area contributed by atoms with Gasteiger partial charge in [0.15, 0.2) is 0 Å². The van der Waals surface area contributed by atoms with Gasteiger partial charge in [-0.2, -0.15) is 0 Å². The summed E-state index contributed by atoms with van der Waals surface area (Å²) < 4.78 is 5.44. The third-order valence-corrected chi connectivity index (χ3v) is 4.95. The highest BCUT2D eigenvalue weighted by Gasteiger charge is 2.45. The third kappa shape index (κ3) is 3.97. The molecule has 4 amide bonds. The minimum absolute atomic E-state index is 0.253. The number of hydrogen-bond donors (Lipinski definition) is 0. The number of rotatable bonds is 3. The summed E-state index contributed by atoms with van der Waals surface area (Å²) in [5.41, 5.74) is -0.103. The van der Waals surface area contributed by atoms with E-state index in [9.17, 15) is 19.2 Å². The van der Waals surface area contributed by atoms with Crippen molar-refractivity contribution in [3.8, 4) is 0 Å². The topological polar surface area (TPSA) is 87.2 Å². The maximum Gasteiger partial charge on any atom is 0.429 e. The van der Waals surface area contributed by atoms with Gasteiger partial charge >= 0.3 is 6.09 Å². The maximum atomic E-state index is 13.4. The van der Waals surface area contributed by atoms with Gasteiger partial charge in [-0.3, -0.25) is 19.3 Å². The van der Waals surface area contributed by atoms with E-state index in [1.807, 2.05) is 0 Å². The highest BCUT2D eigenvalue weighted by molar-refractivity contribution is 6.22. The molecule has 1 aromatic rings. The molecule has 0 spiro atoms. The molecule has 156 valence electrons. The Morgan fingerprint density at radius 2 is 1.52 bits per heavy atom. The van der Waals surface area contributed by atoms with Crippen molar-refractivity contribution >= 4 is 23.8 Å². The molecule has 8 nitrogen and oxygen atoms in total. The fourth-order valence-electron chi connectivity index (χ4n) is 3.63. The van der Waals surface area contributed by atoms with Gasteiger partial charge in [-0.25, -0.2) is 14.8 Å². The van der Waals surface area contributed by atoms with E-state index in [0.717, 1.165) is 17.7 Å². The molecule has 3 rings (SSSR count). The smallest absolute Gasteiger partial charge is 0.429 e. The molecular weight excluding hydrogens is 374 g/mol. The van der Waals surface area contributed by atoms with Crippen LogP contribution in [0.1, 0.15) is 67.7 Å². The van der Waals surface area contributed by atoms with Gasteiger partial charge in [-0.15, -0.1) is 0 Å². The maximum absolute atomic E-state index is 13.4. The Morgan fingerprint density at radius 3 is 2.00 bits per heavy atom. The van der Waals surface area contributed by atoms with Gasteiger partial charge in [0.05, 0.1) is 11.1 Å². The van der Waals surface area contributed by atoms with Crippen LogP contribution in [0.2, 0.25) is 0 Å². The summed E-state index contributed by atoms with van der Waals surface area (Å²) in [4.78, 5) is 52.7. The Labute approximate surface area is 170 Å². The van der Waals surface area contributed by atoms with E-state index in [-0.39, 0.29) is 6.42 Å². The van der Waals surface area contributed by atoms with Gasteiger partial charge in [-0.05, 0) is 52.2 Å². The third-order valence-electron chi connectivity index (χ3n) is 4.95. The number of ether oxygens (including phenoxy) is 1. The number of carbonyl (C=O) groups is 4. The molecule has 0 aromatic heterocycles. The summed E-state index contributed by atoms with van der Waals surface area (Å²) in [6.07, 6.45) is 1.11. The van der Waals surface area contributed by atoms with Crippen LogP contribution in [0.25, 0.3) is 0 Å². The minimum Gasteiger partial charge on any atom is -0.442 e. The first-order valence-corrected chi connectivity index (χ1v) is 9.94. The molecule has 2 aliphatic rings. The van der Waals surface area contributed by atoms with E-state index in [1.54, 1.807) is 52.0 Å². The number of nitrogens with zero attached hydrogens (tertiary/aromatic N) is 3. The first kappa shape index (κ1) is 20.8. The molecule has 1 saturated heterocycles. The van der Waals surface area contributed by atoms with Crippen LogP contribution >= 0.6 is 0 Å². The molecule has 8 heteroatoms. The predicted octanol–water partition coefficient (Wildman–Crippen LogP) is 2.84. The summed E-state index contributed by atoms with van der Waals surface area (Å²) in [6, 6.07) is 5.56. The van der Waals surface area contributed by atoms with Crippen molar-refractivity contribution < 1.29 is 23.9 Å². The van der Waals surface area contributed by atoms with Crippen molar-refractivity contribution in [3.05, 3.63) is 35.4 Å². The monoisotopic (exact) mass is 401 g/mol. The van der Waals surface area contributed by atoms with E-state index in [0.29, 0.717) is 24.2 Å². The quantitative estimate of drug-likeness (QED) is 0.727. The molecule has 2 aliphatic heterocycles. The van der Waals surface area contributed by atoms with Crippen LogP contribution in [0.4, 0.5) is 4.79 Å². The fraction of sp³-hybridized carbons (Fsp3) is 0.524. The van der Waals surface area contributed by atoms with Crippen LogP contribution in [0.5, 0.6) is 0 Å². The first-order chi connectivity index (χ1) is 13.7. The first-order valence-electron chi connectivity index (χ1n) is 9.94. The number of imide groups is 1. The van der Waals surface area contributed by atoms with Crippen LogP contribution in [-0.2, 0) is 9.53 Å². The van der Waals surface area contributed by atoms with Crippen molar-refractivity contribution in [2.24, 2.45) is 0 Å². The lowest BCUT2D eigenvalue weighted by Crippen LogP contribution is -2.59. The Hall–Kier alpha value is -2.90. The Balaban J connectivity index is 1.86. The second-order valence-electron chi connectivity index (χ2n) is 8.22. The molecule has 0 radical (unpaired) electrons. The molecule has 0 unspecified atom stereocenters. The lowest BCUT2D eigenvalue weighted by atomic mass is 10.1. The molecule has 1 fully saturated rings. The number of carbonyl (C=O) groups excluding carboxylic acids is 4. The van der Waals surface area contributed by atoms with Gasteiger partial charge < -0.3 is 4.74 Å². The number of hydrogen-bond acceptors (Lipinski definition) is 5. The Kier molecular flexibility index (Phi) is 5.64. The van der Waals surface area contributed by atoms with E-state index in [2.05, 4.69) is 0 Å². The second kappa shape index (κ2) is 7.85. The largest absolute Gasteiger partial charge is 0.442 e. The van der Waals surface area contributed by atoms with E-state index in [1.165, 1.54) is 10.0 Å². The normalized spacial score (nSPS) is 18.0. The van der Waals surface area contributed by atoms with Crippen LogP contribution < -0.4 is 0 Å². The van der Waals surface area contributed by atoms with E-state index in [4.69, 9.17) is 4.74 Å². The lowest BCUT2D eigenvalue weighted by molar-refractivity contribution is -0.155. The highest BCUT2D eigenvalue weighted by Crippen LogP contribution is 2.27. The van der Waals surface area contributed by atoms with Gasteiger partial charge in [0, 0.05) is 13.1 Å². The van der Waals surface area contributed by atoms with Gasteiger partial charge in [0.25, 0.3) is 17.7 Å². The predicted molar refractivity (Wildman–Crippen MR) is 105 cm³/mol. The van der Waals surface area contributed by atoms with E-state index < -0.39 is 35.5 Å². The average Bonchev–Trinajstić information content (AvgIpc) is 2.93. The SMILES string of the molecule is CC[C@@H](C(=O)N1CCCCN1C(=O)OC(C)(C)C)N1C(=O)c2ccccc2C1=O. The van der Waals surface area contributed by atoms with Crippen LogP contribution in [0.3, 0.4) is 0 Å². The standard InChI is InChI=1S/C21H27N3O5/c1-5-16(24-17(25)14-10-6-7-11-15(14)18(24)26)19(27)22-12-8-9-13-23(22)20(28)29-21(2,3)4/h6-7,10-11,16H,5,8-9,12-13H2,1-4H3/t16-/m0/s1. The number of benzene rings is 1. The van der Waals surface area contributed by atoms with Crippen LogP contribution in [0, 0.1) is 0 Å². The summed E-state index contributed by atoms with van der Waals surface area (Å²) >= 11 is 0. The molecule has 29 heavy (non-hydrogen) atoms. The highest BCUT2D eigenvalue weighted by atomic mass is 16.6. The summed E-state index contributed by atoms with van der Waals surface area (Å²) in [7, 11) is 0. The molecule has 0 bridgehead atoms. The summed E-state index contributed by atoms with van der Waals surface area (Å²) in [5.74, 6) is -1.41. The van der Waals surface area contributed by atoms with Crippen LogP contribution in [0.15, 0.2) is 24.3 Å². The molecular formula is C21H27N3O5. The summed E-state index contributed by atoms with van der Waals surface area (Å²) in [6.45, 7) is 7.70. The number of fused-ring (bicyclic) bond motifs is 1. The van der Waals surface area contributed by atoms with Gasteiger partial charge in [-0.1, -0.05) is 19.1 Å².